The number of nitrogens with zero attached hydrogens (tertiary/aromatic N) is 5. The molecule has 0 radical (unpaired) electrons. The van der Waals surface area contributed by atoms with Gasteiger partial charge in [0.1, 0.15) is 11.6 Å². The van der Waals surface area contributed by atoms with Crippen LogP contribution in [0.4, 0.5) is 24.5 Å². The number of likely N-dealkylation sites (tertiary alicyclic amines) is 1. The number of thiocarbonyl (C=S) groups is 1. The Kier molecular flexibility index (Phi) is 12.2. The average molecular weight is 796 g/mol. The molecule has 3 aliphatic heterocycles. The SMILES string of the molecule is C[C@@H]1CC(OCC[C@H]2CC[C@H](N3C(=S)N(c4cnc(C#N)c(C(F)(F)F)c4)C(=O)C3(C)C)CC2)C[C@H](C)N1CC(=O)Nc1ccc(C2CCC(=O)NC2=O)cc1. The molecule has 4 atom stereocenters. The number of ether oxygens (including phenoxy) is 1. The third kappa shape index (κ3) is 8.74. The topological polar surface area (TPSA) is 148 Å². The minimum atomic E-state index is -4.82. The number of pyridine rings is 1. The zero-order valence-electron chi connectivity index (χ0n) is 32.0. The molecule has 2 unspecified atom stereocenters. The Balaban J connectivity index is 0.942. The molecule has 0 spiro atoms. The second kappa shape index (κ2) is 16.6. The maximum Gasteiger partial charge on any atom is 0.419 e. The summed E-state index contributed by atoms with van der Waals surface area (Å²) >= 11 is 5.72. The van der Waals surface area contributed by atoms with Crippen LogP contribution in [-0.2, 0) is 30.1 Å². The number of anilines is 2. The summed E-state index contributed by atoms with van der Waals surface area (Å²) in [5.74, 6) is -1.07. The summed E-state index contributed by atoms with van der Waals surface area (Å²) in [4.78, 5) is 59.2. The minimum Gasteiger partial charge on any atom is -0.378 e. The van der Waals surface area contributed by atoms with E-state index in [2.05, 4.69) is 34.4 Å². The summed E-state index contributed by atoms with van der Waals surface area (Å²) in [6.07, 6.45) is 2.94. The van der Waals surface area contributed by atoms with E-state index >= 15 is 0 Å². The van der Waals surface area contributed by atoms with Gasteiger partial charge in [0.05, 0.1) is 36.0 Å². The van der Waals surface area contributed by atoms with Crippen molar-refractivity contribution in [3.63, 3.8) is 0 Å². The molecule has 4 aliphatic rings. The fourth-order valence-electron chi connectivity index (χ4n) is 8.81. The first-order valence-corrected chi connectivity index (χ1v) is 19.6. The van der Waals surface area contributed by atoms with Crippen molar-refractivity contribution in [2.24, 2.45) is 5.92 Å². The van der Waals surface area contributed by atoms with Crippen LogP contribution in [0, 0.1) is 17.2 Å². The van der Waals surface area contributed by atoms with Crippen LogP contribution in [0.5, 0.6) is 0 Å². The number of carbonyl (C=O) groups is 4. The van der Waals surface area contributed by atoms with E-state index in [0.29, 0.717) is 31.1 Å². The molecular formula is C40H48F3N7O5S. The van der Waals surface area contributed by atoms with Crippen LogP contribution in [0.3, 0.4) is 0 Å². The number of aromatic nitrogens is 1. The molecule has 300 valence electrons. The predicted molar refractivity (Wildman–Crippen MR) is 205 cm³/mol. The molecule has 1 aliphatic carbocycles. The third-order valence-electron chi connectivity index (χ3n) is 11.8. The van der Waals surface area contributed by atoms with Crippen molar-refractivity contribution in [2.45, 2.75) is 127 Å². The Morgan fingerprint density at radius 2 is 1.73 bits per heavy atom. The van der Waals surface area contributed by atoms with Crippen LogP contribution in [0.1, 0.15) is 108 Å². The Bertz CT molecular complexity index is 1880. The molecule has 0 bridgehead atoms. The maximum absolute atomic E-state index is 13.7. The first-order chi connectivity index (χ1) is 26.5. The zero-order chi connectivity index (χ0) is 40.5. The van der Waals surface area contributed by atoms with Crippen LogP contribution in [0.2, 0.25) is 0 Å². The van der Waals surface area contributed by atoms with Crippen molar-refractivity contribution < 1.29 is 37.1 Å². The van der Waals surface area contributed by atoms with Crippen LogP contribution in [0.15, 0.2) is 36.5 Å². The highest BCUT2D eigenvalue weighted by Crippen LogP contribution is 2.41. The van der Waals surface area contributed by atoms with Crippen LogP contribution >= 0.6 is 12.2 Å². The lowest BCUT2D eigenvalue weighted by Gasteiger charge is -2.42. The van der Waals surface area contributed by atoms with Crippen LogP contribution in [0.25, 0.3) is 0 Å². The van der Waals surface area contributed by atoms with Crippen molar-refractivity contribution >= 4 is 52.3 Å². The first-order valence-electron chi connectivity index (χ1n) is 19.2. The molecule has 56 heavy (non-hydrogen) atoms. The Morgan fingerprint density at radius 1 is 1.07 bits per heavy atom. The number of alkyl halides is 3. The number of imide groups is 1. The van der Waals surface area contributed by atoms with E-state index in [1.807, 2.05) is 17.0 Å². The van der Waals surface area contributed by atoms with Gasteiger partial charge >= 0.3 is 6.18 Å². The number of halogens is 3. The molecule has 12 nitrogen and oxygen atoms in total. The smallest absolute Gasteiger partial charge is 0.378 e. The molecule has 2 aromatic rings. The molecule has 3 saturated heterocycles. The molecule has 2 N–H and O–H groups in total. The lowest BCUT2D eigenvalue weighted by Crippen LogP contribution is -2.51. The number of nitrogens with one attached hydrogen (secondary N) is 2. The summed E-state index contributed by atoms with van der Waals surface area (Å²) in [5, 5.41) is 14.6. The van der Waals surface area contributed by atoms with Crippen molar-refractivity contribution in [1.82, 2.24) is 20.1 Å². The van der Waals surface area contributed by atoms with Gasteiger partial charge in [0.2, 0.25) is 17.7 Å². The largest absolute Gasteiger partial charge is 0.419 e. The third-order valence-corrected chi connectivity index (χ3v) is 12.2. The predicted octanol–water partition coefficient (Wildman–Crippen LogP) is 6.05. The van der Waals surface area contributed by atoms with Crippen molar-refractivity contribution in [3.05, 3.63) is 53.3 Å². The van der Waals surface area contributed by atoms with Crippen LogP contribution < -0.4 is 15.5 Å². The first kappa shape index (κ1) is 41.2. The van der Waals surface area contributed by atoms with Gasteiger partial charge in [-0.1, -0.05) is 12.1 Å². The van der Waals surface area contributed by atoms with Gasteiger partial charge in [-0.25, -0.2) is 4.98 Å². The summed E-state index contributed by atoms with van der Waals surface area (Å²) < 4.78 is 47.5. The summed E-state index contributed by atoms with van der Waals surface area (Å²) in [7, 11) is 0. The van der Waals surface area contributed by atoms with E-state index in [1.165, 1.54) is 6.07 Å². The molecule has 1 aromatic carbocycles. The van der Waals surface area contributed by atoms with E-state index in [0.717, 1.165) is 67.7 Å². The maximum atomic E-state index is 13.7. The number of nitriles is 1. The quantitative estimate of drug-likeness (QED) is 0.215. The number of piperidine rings is 2. The van der Waals surface area contributed by atoms with Gasteiger partial charge in [0, 0.05) is 36.8 Å². The molecule has 16 heteroatoms. The summed E-state index contributed by atoms with van der Waals surface area (Å²) in [5.41, 5.74) is -1.70. The molecule has 1 aromatic heterocycles. The number of benzene rings is 1. The van der Waals surface area contributed by atoms with E-state index < -0.39 is 28.9 Å². The molecule has 1 saturated carbocycles. The van der Waals surface area contributed by atoms with Gasteiger partial charge in [0.15, 0.2) is 10.8 Å². The van der Waals surface area contributed by atoms with Crippen molar-refractivity contribution in [3.8, 4) is 6.07 Å². The molecule has 6 rings (SSSR count). The standard InChI is InChI=1S/C40H48F3N7O5S/c1-23-17-30(18-24(2)48(23)22-35(52)46-27-9-7-26(8-10-27)31-13-14-34(51)47-36(31)53)55-16-15-25-5-11-28(12-6-25)50-38(56)49(37(54)39(50,3)4)29-19-32(40(41,42)43)33(20-44)45-21-29/h7-10,19,21,23-25,28,30-31H,5-6,11-18,22H2,1-4H3,(H,46,52)(H,47,51,53)/t23-,24+,25-,28-,30?,31?. The lowest BCUT2D eigenvalue weighted by atomic mass is 9.82. The van der Waals surface area contributed by atoms with Gasteiger partial charge in [-0.2, -0.15) is 18.4 Å². The van der Waals surface area contributed by atoms with Gasteiger partial charge in [-0.15, -0.1) is 0 Å². The highest BCUT2D eigenvalue weighted by Gasteiger charge is 2.53. The number of carbonyl (C=O) groups excluding carboxylic acids is 4. The fraction of sp³-hybridized carbons (Fsp3) is 0.575. The second-order valence-corrected chi connectivity index (χ2v) is 16.4. The molecular weight excluding hydrogens is 748 g/mol. The van der Waals surface area contributed by atoms with E-state index in [1.54, 1.807) is 26.0 Å². The minimum absolute atomic E-state index is 0.0579. The molecule has 4 heterocycles. The van der Waals surface area contributed by atoms with Crippen LogP contribution in [-0.4, -0.2) is 86.4 Å². The van der Waals surface area contributed by atoms with Gasteiger partial charge in [-0.3, -0.25) is 34.3 Å². The Hall–Kier alpha value is -4.46. The van der Waals surface area contributed by atoms with Crippen molar-refractivity contribution in [1.29, 1.82) is 5.26 Å². The zero-order valence-corrected chi connectivity index (χ0v) is 32.8. The lowest BCUT2D eigenvalue weighted by molar-refractivity contribution is -0.138. The van der Waals surface area contributed by atoms with Crippen molar-refractivity contribution in [2.75, 3.05) is 23.4 Å². The molecule has 4 fully saturated rings. The highest BCUT2D eigenvalue weighted by atomic mass is 32.1. The number of rotatable bonds is 10. The Morgan fingerprint density at radius 3 is 2.34 bits per heavy atom. The summed E-state index contributed by atoms with van der Waals surface area (Å²) in [6.45, 7) is 8.54. The number of amides is 4. The fourth-order valence-corrected chi connectivity index (χ4v) is 9.38. The highest BCUT2D eigenvalue weighted by molar-refractivity contribution is 7.80. The average Bonchev–Trinajstić information content (AvgIpc) is 3.32. The number of hydrogen-bond acceptors (Lipinski definition) is 9. The van der Waals surface area contributed by atoms with Gasteiger partial charge in [-0.05, 0) is 121 Å². The summed E-state index contributed by atoms with van der Waals surface area (Å²) in [6, 6.07) is 9.63. The Labute approximate surface area is 330 Å². The van der Waals surface area contributed by atoms with E-state index in [9.17, 15) is 32.3 Å². The van der Waals surface area contributed by atoms with E-state index in [4.69, 9.17) is 22.2 Å². The molecule has 4 amide bonds. The van der Waals surface area contributed by atoms with E-state index in [-0.39, 0.29) is 65.2 Å². The van der Waals surface area contributed by atoms with Gasteiger partial charge < -0.3 is 15.0 Å². The van der Waals surface area contributed by atoms with Gasteiger partial charge in [0.25, 0.3) is 5.91 Å². The normalized spacial score (nSPS) is 27.2. The monoisotopic (exact) mass is 795 g/mol. The second-order valence-electron chi connectivity index (χ2n) is 16.0. The number of hydrogen-bond donors (Lipinski definition) is 2.